The van der Waals surface area contributed by atoms with Crippen molar-refractivity contribution < 1.29 is 4.79 Å². The first-order valence-corrected chi connectivity index (χ1v) is 8.50. The van der Waals surface area contributed by atoms with Gasteiger partial charge in [-0.1, -0.05) is 48.5 Å². The maximum absolute atomic E-state index is 12.4. The molecule has 25 heavy (non-hydrogen) atoms. The van der Waals surface area contributed by atoms with Crippen molar-refractivity contribution in [2.75, 3.05) is 31.5 Å². The largest absolute Gasteiger partial charge is 0.330 e. The van der Waals surface area contributed by atoms with Crippen LogP contribution in [-0.4, -0.2) is 37.0 Å². The highest BCUT2D eigenvalue weighted by Crippen LogP contribution is 2.31. The minimum Gasteiger partial charge on any atom is -0.330 e. The third-order valence-electron chi connectivity index (χ3n) is 4.83. The number of nitrogens with zero attached hydrogens (tertiary/aromatic N) is 1. The summed E-state index contributed by atoms with van der Waals surface area (Å²) in [7, 11) is 0. The lowest BCUT2D eigenvalue weighted by Gasteiger charge is -2.17. The van der Waals surface area contributed by atoms with Crippen LogP contribution in [0.1, 0.15) is 17.0 Å². The number of carbonyl (C=O) groups is 1. The van der Waals surface area contributed by atoms with Gasteiger partial charge in [-0.3, -0.25) is 9.69 Å². The summed E-state index contributed by atoms with van der Waals surface area (Å²) in [6.45, 7) is 4.81. The van der Waals surface area contributed by atoms with Gasteiger partial charge in [-0.25, -0.2) is 0 Å². The molecule has 4 nitrogen and oxygen atoms in total. The number of hydrogen-bond acceptors (Lipinski definition) is 3. The lowest BCUT2D eigenvalue weighted by atomic mass is 9.89. The van der Waals surface area contributed by atoms with E-state index in [0.717, 1.165) is 24.3 Å². The van der Waals surface area contributed by atoms with Gasteiger partial charge in [0.05, 0.1) is 6.54 Å². The van der Waals surface area contributed by atoms with Gasteiger partial charge in [0, 0.05) is 24.7 Å². The molecule has 0 unspecified atom stereocenters. The standard InChI is InChI=1S/C20H25N3O.ClH/c1-15-7-5-6-10-19(15)22-20(24)14-23-12-17(11-21)18(13-23)16-8-3-2-4-9-16;/h2-10,17-18H,11-14,21H2,1H3,(H,22,24);1H/t17-,18+;/m1./s1. The Bertz CT molecular complexity index is 692. The van der Waals surface area contributed by atoms with E-state index in [1.54, 1.807) is 0 Å². The number of para-hydroxylation sites is 1. The van der Waals surface area contributed by atoms with Gasteiger partial charge in [-0.15, -0.1) is 12.4 Å². The van der Waals surface area contributed by atoms with E-state index >= 15 is 0 Å². The van der Waals surface area contributed by atoms with Crippen molar-refractivity contribution in [2.45, 2.75) is 12.8 Å². The van der Waals surface area contributed by atoms with E-state index in [1.807, 2.05) is 37.3 Å². The van der Waals surface area contributed by atoms with Crippen LogP contribution in [0.15, 0.2) is 54.6 Å². The fourth-order valence-corrected chi connectivity index (χ4v) is 3.51. The molecule has 0 bridgehead atoms. The molecule has 0 radical (unpaired) electrons. The number of benzene rings is 2. The van der Waals surface area contributed by atoms with E-state index in [2.05, 4.69) is 34.5 Å². The van der Waals surface area contributed by atoms with Gasteiger partial charge >= 0.3 is 0 Å². The Labute approximate surface area is 155 Å². The van der Waals surface area contributed by atoms with Crippen molar-refractivity contribution in [3.8, 4) is 0 Å². The summed E-state index contributed by atoms with van der Waals surface area (Å²) in [6.07, 6.45) is 0. The second kappa shape index (κ2) is 8.99. The number of anilines is 1. The van der Waals surface area contributed by atoms with Crippen molar-refractivity contribution in [2.24, 2.45) is 11.7 Å². The zero-order valence-electron chi connectivity index (χ0n) is 14.5. The number of halogens is 1. The molecule has 134 valence electrons. The van der Waals surface area contributed by atoms with Crippen LogP contribution in [-0.2, 0) is 4.79 Å². The number of hydrogen-bond donors (Lipinski definition) is 2. The Morgan fingerprint density at radius 3 is 2.48 bits per heavy atom. The van der Waals surface area contributed by atoms with Gasteiger partial charge in [0.15, 0.2) is 0 Å². The van der Waals surface area contributed by atoms with Crippen LogP contribution in [0.3, 0.4) is 0 Å². The first kappa shape index (κ1) is 19.4. The molecule has 2 aromatic rings. The summed E-state index contributed by atoms with van der Waals surface area (Å²) in [5.74, 6) is 0.843. The molecule has 3 rings (SSSR count). The Morgan fingerprint density at radius 1 is 1.12 bits per heavy atom. The third kappa shape index (κ3) is 4.82. The Balaban J connectivity index is 0.00000225. The number of rotatable bonds is 5. The molecular weight excluding hydrogens is 334 g/mol. The second-order valence-electron chi connectivity index (χ2n) is 6.57. The third-order valence-corrected chi connectivity index (χ3v) is 4.83. The van der Waals surface area contributed by atoms with Crippen LogP contribution >= 0.6 is 12.4 Å². The quantitative estimate of drug-likeness (QED) is 0.862. The molecule has 1 amide bonds. The van der Waals surface area contributed by atoms with Crippen molar-refractivity contribution >= 4 is 24.0 Å². The van der Waals surface area contributed by atoms with E-state index in [0.29, 0.717) is 24.9 Å². The monoisotopic (exact) mass is 359 g/mol. The first-order valence-electron chi connectivity index (χ1n) is 8.50. The van der Waals surface area contributed by atoms with Crippen LogP contribution in [0.25, 0.3) is 0 Å². The molecule has 1 aliphatic rings. The molecule has 2 atom stereocenters. The van der Waals surface area contributed by atoms with Crippen molar-refractivity contribution in [1.29, 1.82) is 0 Å². The molecule has 0 saturated carbocycles. The van der Waals surface area contributed by atoms with E-state index in [9.17, 15) is 4.79 Å². The highest BCUT2D eigenvalue weighted by atomic mass is 35.5. The lowest BCUT2D eigenvalue weighted by molar-refractivity contribution is -0.117. The van der Waals surface area contributed by atoms with Crippen LogP contribution < -0.4 is 11.1 Å². The average molecular weight is 360 g/mol. The van der Waals surface area contributed by atoms with Crippen LogP contribution in [0.2, 0.25) is 0 Å². The molecule has 0 spiro atoms. The van der Waals surface area contributed by atoms with E-state index in [-0.39, 0.29) is 18.3 Å². The summed E-state index contributed by atoms with van der Waals surface area (Å²) in [5.41, 5.74) is 9.25. The lowest BCUT2D eigenvalue weighted by Crippen LogP contribution is -2.32. The predicted octanol–water partition coefficient (Wildman–Crippen LogP) is 3.03. The normalized spacial score (nSPS) is 20.1. The molecule has 1 saturated heterocycles. The molecule has 0 aromatic heterocycles. The SMILES string of the molecule is Cc1ccccc1NC(=O)CN1C[C@@H](CN)[C@H](c2ccccc2)C1.Cl. The predicted molar refractivity (Wildman–Crippen MR) is 105 cm³/mol. The number of nitrogens with two attached hydrogens (primary N) is 1. The van der Waals surface area contributed by atoms with Gasteiger partial charge in [-0.05, 0) is 36.6 Å². The molecular formula is C20H26ClN3O. The molecule has 3 N–H and O–H groups in total. The number of carbonyl (C=O) groups excluding carboxylic acids is 1. The summed E-state index contributed by atoms with van der Waals surface area (Å²) in [4.78, 5) is 14.6. The van der Waals surface area contributed by atoms with Gasteiger partial charge in [0.1, 0.15) is 0 Å². The Morgan fingerprint density at radius 2 is 1.80 bits per heavy atom. The van der Waals surface area contributed by atoms with E-state index < -0.39 is 0 Å². The maximum atomic E-state index is 12.4. The van der Waals surface area contributed by atoms with Crippen LogP contribution in [0, 0.1) is 12.8 Å². The smallest absolute Gasteiger partial charge is 0.238 e. The number of nitrogens with one attached hydrogen (secondary N) is 1. The maximum Gasteiger partial charge on any atom is 0.238 e. The highest BCUT2D eigenvalue weighted by molar-refractivity contribution is 5.92. The fraction of sp³-hybridized carbons (Fsp3) is 0.350. The van der Waals surface area contributed by atoms with Gasteiger partial charge in [0.25, 0.3) is 0 Å². The summed E-state index contributed by atoms with van der Waals surface area (Å²) >= 11 is 0. The van der Waals surface area contributed by atoms with Crippen molar-refractivity contribution in [3.63, 3.8) is 0 Å². The molecule has 2 aromatic carbocycles. The van der Waals surface area contributed by atoms with Gasteiger partial charge in [0.2, 0.25) is 5.91 Å². The minimum absolute atomic E-state index is 0. The topological polar surface area (TPSA) is 58.4 Å². The van der Waals surface area contributed by atoms with E-state index in [1.165, 1.54) is 5.56 Å². The molecule has 0 aliphatic carbocycles. The number of likely N-dealkylation sites (tertiary alicyclic amines) is 1. The Hall–Kier alpha value is -1.88. The molecule has 1 aliphatic heterocycles. The average Bonchev–Trinajstić information content (AvgIpc) is 3.00. The molecule has 5 heteroatoms. The van der Waals surface area contributed by atoms with Crippen LogP contribution in [0.4, 0.5) is 5.69 Å². The zero-order chi connectivity index (χ0) is 16.9. The zero-order valence-corrected chi connectivity index (χ0v) is 15.3. The summed E-state index contributed by atoms with van der Waals surface area (Å²) in [5, 5.41) is 3.01. The van der Waals surface area contributed by atoms with Crippen molar-refractivity contribution in [3.05, 3.63) is 65.7 Å². The van der Waals surface area contributed by atoms with Gasteiger partial charge in [-0.2, -0.15) is 0 Å². The Kier molecular flexibility index (Phi) is 7.00. The van der Waals surface area contributed by atoms with Gasteiger partial charge < -0.3 is 11.1 Å². The minimum atomic E-state index is 0. The molecule has 1 heterocycles. The fourth-order valence-electron chi connectivity index (χ4n) is 3.51. The van der Waals surface area contributed by atoms with Crippen LogP contribution in [0.5, 0.6) is 0 Å². The highest BCUT2D eigenvalue weighted by Gasteiger charge is 2.33. The molecule has 1 fully saturated rings. The first-order chi connectivity index (χ1) is 11.7. The summed E-state index contributed by atoms with van der Waals surface area (Å²) < 4.78 is 0. The summed E-state index contributed by atoms with van der Waals surface area (Å²) in [6, 6.07) is 18.3. The number of aryl methyl sites for hydroxylation is 1. The van der Waals surface area contributed by atoms with Crippen molar-refractivity contribution in [1.82, 2.24) is 4.90 Å². The number of amides is 1. The second-order valence-corrected chi connectivity index (χ2v) is 6.57. The van der Waals surface area contributed by atoms with E-state index in [4.69, 9.17) is 5.73 Å².